The zero-order chi connectivity index (χ0) is 18.2. The Kier molecular flexibility index (Phi) is 2.79. The van der Waals surface area contributed by atoms with Gasteiger partial charge in [0, 0.05) is 11.6 Å². The van der Waals surface area contributed by atoms with Crippen LogP contribution in [-0.4, -0.2) is 34.6 Å². The minimum Gasteiger partial charge on any atom is -0.381 e. The Morgan fingerprint density at radius 1 is 1.09 bits per heavy atom. The van der Waals surface area contributed by atoms with Crippen molar-refractivity contribution in [1.29, 1.82) is 0 Å². The lowest BCUT2D eigenvalue weighted by Crippen LogP contribution is -2.37. The molecule has 0 fully saturated rings. The molecule has 7 nitrogen and oxygen atoms in total. The predicted octanol–water partition coefficient (Wildman–Crippen LogP) is 0.736. The smallest absolute Gasteiger partial charge is 0.137 e. The topological polar surface area (TPSA) is 81.6 Å². The van der Waals surface area contributed by atoms with Crippen molar-refractivity contribution < 1.29 is 18.0 Å². The molecule has 0 saturated heterocycles. The van der Waals surface area contributed by atoms with Crippen LogP contribution in [0.2, 0.25) is 0 Å². The quantitative estimate of drug-likeness (QED) is 0.751. The highest BCUT2D eigenvalue weighted by atomic mass is 19.1. The molecule has 2 aromatic heterocycles. The van der Waals surface area contributed by atoms with Crippen LogP contribution < -0.4 is 0 Å². The maximum Gasteiger partial charge on any atom is 0.137 e. The molecule has 0 aliphatic carbocycles. The second-order valence-electron chi connectivity index (χ2n) is 4.60. The fourth-order valence-corrected chi connectivity index (χ4v) is 2.06. The predicted molar refractivity (Wildman–Crippen MR) is 70.3 cm³/mol. The first-order valence-electron chi connectivity index (χ1n) is 7.66. The van der Waals surface area contributed by atoms with Crippen molar-refractivity contribution in [2.24, 2.45) is 0 Å². The summed E-state index contributed by atoms with van der Waals surface area (Å²) in [5, 5.41) is 18.8. The SMILES string of the molecule is [2H]c1c([2H])c(C(O)(Cn2cncn2)Cn2cncn2)c(F)c([2H])c1F. The van der Waals surface area contributed by atoms with Crippen LogP contribution in [0.15, 0.2) is 43.4 Å². The second-order valence-corrected chi connectivity index (χ2v) is 4.60. The Bertz CT molecular complexity index is 823. The van der Waals surface area contributed by atoms with Gasteiger partial charge in [0.1, 0.15) is 42.5 Å². The van der Waals surface area contributed by atoms with E-state index in [4.69, 9.17) is 4.11 Å². The Morgan fingerprint density at radius 3 is 2.18 bits per heavy atom. The summed E-state index contributed by atoms with van der Waals surface area (Å²) in [7, 11) is 0. The average molecular weight is 309 g/mol. The molecule has 3 rings (SSSR count). The molecule has 0 amide bonds. The molecule has 22 heavy (non-hydrogen) atoms. The Balaban J connectivity index is 2.18. The lowest BCUT2D eigenvalue weighted by Gasteiger charge is -2.28. The van der Waals surface area contributed by atoms with Crippen molar-refractivity contribution >= 4 is 0 Å². The third-order valence-electron chi connectivity index (χ3n) is 2.98. The van der Waals surface area contributed by atoms with Gasteiger partial charge in [0.25, 0.3) is 0 Å². The number of hydrogen-bond acceptors (Lipinski definition) is 5. The minimum atomic E-state index is -2.15. The highest BCUT2D eigenvalue weighted by Gasteiger charge is 2.34. The van der Waals surface area contributed by atoms with Crippen LogP contribution in [-0.2, 0) is 18.7 Å². The van der Waals surface area contributed by atoms with Crippen LogP contribution in [0.25, 0.3) is 0 Å². The van der Waals surface area contributed by atoms with E-state index in [1.165, 1.54) is 34.7 Å². The number of benzene rings is 1. The van der Waals surface area contributed by atoms with E-state index in [1.54, 1.807) is 0 Å². The molecule has 2 heterocycles. The molecule has 0 saturated carbocycles. The molecule has 0 bridgehead atoms. The average Bonchev–Trinajstić information content (AvgIpc) is 3.25. The maximum absolute atomic E-state index is 14.6. The summed E-state index contributed by atoms with van der Waals surface area (Å²) in [5.74, 6) is -2.88. The highest BCUT2D eigenvalue weighted by molar-refractivity contribution is 5.25. The molecule has 114 valence electrons. The molecular weight excluding hydrogens is 294 g/mol. The first-order valence-corrected chi connectivity index (χ1v) is 6.16. The number of hydrogen-bond donors (Lipinski definition) is 1. The van der Waals surface area contributed by atoms with Gasteiger partial charge in [0.15, 0.2) is 0 Å². The van der Waals surface area contributed by atoms with Gasteiger partial charge in [-0.25, -0.2) is 28.1 Å². The van der Waals surface area contributed by atoms with Gasteiger partial charge < -0.3 is 5.11 Å². The van der Waals surface area contributed by atoms with Crippen molar-refractivity contribution in [2.75, 3.05) is 0 Å². The summed E-state index contributed by atoms with van der Waals surface area (Å²) in [6, 6.07) is -3.02. The van der Waals surface area contributed by atoms with Gasteiger partial charge >= 0.3 is 0 Å². The standard InChI is InChI=1S/C13H12F2N6O/c14-10-1-2-11(12(15)3-10)13(22,4-20-8-16-6-18-20)5-21-9-17-7-19-21/h1-3,6-9,22H,4-5H2/i1D,2D,3D. The third-order valence-corrected chi connectivity index (χ3v) is 2.98. The summed E-state index contributed by atoms with van der Waals surface area (Å²) >= 11 is 0. The third kappa shape index (κ3) is 2.84. The van der Waals surface area contributed by atoms with Crippen molar-refractivity contribution in [3.05, 3.63) is 60.6 Å². The summed E-state index contributed by atoms with van der Waals surface area (Å²) in [6.07, 6.45) is 4.93. The van der Waals surface area contributed by atoms with Crippen LogP contribution in [0.4, 0.5) is 8.78 Å². The van der Waals surface area contributed by atoms with Crippen molar-refractivity contribution in [2.45, 2.75) is 18.7 Å². The molecule has 1 N–H and O–H groups in total. The highest BCUT2D eigenvalue weighted by Crippen LogP contribution is 2.28. The van der Waals surface area contributed by atoms with Crippen molar-refractivity contribution in [3.63, 3.8) is 0 Å². The molecule has 0 radical (unpaired) electrons. The lowest BCUT2D eigenvalue weighted by atomic mass is 9.93. The van der Waals surface area contributed by atoms with Crippen LogP contribution in [0, 0.1) is 11.6 Å². The van der Waals surface area contributed by atoms with E-state index < -0.39 is 40.9 Å². The molecule has 0 aliphatic rings. The molecule has 9 heteroatoms. The van der Waals surface area contributed by atoms with Crippen LogP contribution >= 0.6 is 0 Å². The number of aliphatic hydroxyl groups is 1. The summed E-state index contributed by atoms with van der Waals surface area (Å²) in [6.45, 7) is -0.722. The lowest BCUT2D eigenvalue weighted by molar-refractivity contribution is -0.00855. The Labute approximate surface area is 128 Å². The van der Waals surface area contributed by atoms with Gasteiger partial charge in [-0.05, 0) is 6.04 Å². The van der Waals surface area contributed by atoms with E-state index in [0.717, 1.165) is 0 Å². The molecule has 1 aromatic carbocycles. The number of nitrogens with zero attached hydrogens (tertiary/aromatic N) is 6. The van der Waals surface area contributed by atoms with Gasteiger partial charge in [-0.15, -0.1) is 0 Å². The van der Waals surface area contributed by atoms with Crippen molar-refractivity contribution in [3.8, 4) is 0 Å². The van der Waals surface area contributed by atoms with Crippen LogP contribution in [0.1, 0.15) is 9.68 Å². The summed E-state index contributed by atoms with van der Waals surface area (Å²) < 4.78 is 53.6. The number of halogens is 2. The van der Waals surface area contributed by atoms with Gasteiger partial charge in [0.2, 0.25) is 0 Å². The fraction of sp³-hybridized carbons (Fsp3) is 0.231. The van der Waals surface area contributed by atoms with E-state index >= 15 is 0 Å². The normalized spacial score (nSPS) is 13.7. The minimum absolute atomic E-state index is 0.361. The largest absolute Gasteiger partial charge is 0.381 e. The molecule has 0 atom stereocenters. The molecule has 3 aromatic rings. The zero-order valence-corrected chi connectivity index (χ0v) is 11.1. The monoisotopic (exact) mass is 309 g/mol. The first-order chi connectivity index (χ1) is 11.8. The van der Waals surface area contributed by atoms with E-state index in [1.807, 2.05) is 0 Å². The van der Waals surface area contributed by atoms with E-state index in [9.17, 15) is 13.9 Å². The van der Waals surface area contributed by atoms with E-state index in [-0.39, 0.29) is 13.1 Å². The van der Waals surface area contributed by atoms with Gasteiger partial charge in [-0.2, -0.15) is 10.2 Å². The van der Waals surface area contributed by atoms with Gasteiger partial charge in [0.05, 0.1) is 17.2 Å². The molecule has 0 unspecified atom stereocenters. The fourth-order valence-electron chi connectivity index (χ4n) is 2.06. The Hall–Kier alpha value is -2.68. The number of aromatic nitrogens is 6. The molecule has 0 spiro atoms. The first kappa shape index (κ1) is 11.0. The zero-order valence-electron chi connectivity index (χ0n) is 14.1. The van der Waals surface area contributed by atoms with E-state index in [0.29, 0.717) is 0 Å². The van der Waals surface area contributed by atoms with E-state index in [2.05, 4.69) is 20.2 Å². The molecular formula is C13H12F2N6O. The second kappa shape index (κ2) is 5.60. The summed E-state index contributed by atoms with van der Waals surface area (Å²) in [5.41, 5.74) is -2.84. The van der Waals surface area contributed by atoms with Crippen molar-refractivity contribution in [1.82, 2.24) is 29.5 Å². The Morgan fingerprint density at radius 2 is 1.68 bits per heavy atom. The van der Waals surface area contributed by atoms with Crippen LogP contribution in [0.3, 0.4) is 0 Å². The molecule has 0 aliphatic heterocycles. The van der Waals surface area contributed by atoms with Crippen LogP contribution in [0.5, 0.6) is 0 Å². The van der Waals surface area contributed by atoms with Gasteiger partial charge in [-0.1, -0.05) is 6.04 Å². The number of rotatable bonds is 5. The van der Waals surface area contributed by atoms with Gasteiger partial charge in [-0.3, -0.25) is 0 Å². The maximum atomic E-state index is 14.6. The summed E-state index contributed by atoms with van der Waals surface area (Å²) in [4.78, 5) is 7.44.